The van der Waals surface area contributed by atoms with Gasteiger partial charge in [0.1, 0.15) is 11.4 Å². The highest BCUT2D eigenvalue weighted by Gasteiger charge is 2.22. The number of amides is 1. The van der Waals surface area contributed by atoms with Crippen molar-refractivity contribution in [3.05, 3.63) is 24.3 Å². The van der Waals surface area contributed by atoms with E-state index in [0.29, 0.717) is 23.1 Å². The van der Waals surface area contributed by atoms with Crippen molar-refractivity contribution in [2.75, 3.05) is 11.7 Å². The molecule has 22 heavy (non-hydrogen) atoms. The normalized spacial score (nSPS) is 18.6. The van der Waals surface area contributed by atoms with E-state index in [4.69, 9.17) is 14.2 Å². The summed E-state index contributed by atoms with van der Waals surface area (Å²) in [6, 6.07) is 6.53. The molecule has 1 aromatic carbocycles. The molecule has 1 fully saturated rings. The molecule has 0 saturated carbocycles. The van der Waals surface area contributed by atoms with E-state index < -0.39 is 11.7 Å². The van der Waals surface area contributed by atoms with Crippen molar-refractivity contribution in [3.63, 3.8) is 0 Å². The van der Waals surface area contributed by atoms with Gasteiger partial charge in [-0.3, -0.25) is 5.21 Å². The predicted molar refractivity (Wildman–Crippen MR) is 81.2 cm³/mol. The zero-order valence-electron chi connectivity index (χ0n) is 13.2. The predicted octanol–water partition coefficient (Wildman–Crippen LogP) is 3.72. The molecule has 1 heterocycles. The van der Waals surface area contributed by atoms with Crippen LogP contribution in [0.4, 0.5) is 10.5 Å². The Morgan fingerprint density at radius 3 is 2.50 bits per heavy atom. The molecule has 1 aliphatic heterocycles. The zero-order valence-corrected chi connectivity index (χ0v) is 13.2. The minimum absolute atomic E-state index is 0.226. The first-order valence-electron chi connectivity index (χ1n) is 7.45. The molecule has 122 valence electrons. The Bertz CT molecular complexity index is 488. The molecule has 6 heteroatoms. The first-order chi connectivity index (χ1) is 10.3. The van der Waals surface area contributed by atoms with Crippen LogP contribution in [0.25, 0.3) is 0 Å². The summed E-state index contributed by atoms with van der Waals surface area (Å²) in [5.41, 5.74) is -0.356. The Morgan fingerprint density at radius 1 is 1.27 bits per heavy atom. The van der Waals surface area contributed by atoms with Crippen LogP contribution in [0.2, 0.25) is 0 Å². The average Bonchev–Trinajstić information content (AvgIpc) is 2.46. The summed E-state index contributed by atoms with van der Waals surface area (Å²) in [6.45, 7) is 5.92. The Labute approximate surface area is 130 Å². The molecular weight excluding hydrogens is 286 g/mol. The van der Waals surface area contributed by atoms with Crippen LogP contribution in [-0.2, 0) is 9.47 Å². The molecule has 0 radical (unpaired) electrons. The van der Waals surface area contributed by atoms with Gasteiger partial charge in [-0.1, -0.05) is 0 Å². The highest BCUT2D eigenvalue weighted by atomic mass is 16.7. The highest BCUT2D eigenvalue weighted by Crippen LogP contribution is 2.23. The van der Waals surface area contributed by atoms with Crippen molar-refractivity contribution in [1.82, 2.24) is 0 Å². The van der Waals surface area contributed by atoms with E-state index in [9.17, 15) is 10.0 Å². The van der Waals surface area contributed by atoms with Crippen molar-refractivity contribution >= 4 is 11.8 Å². The number of hydrogen-bond donors (Lipinski definition) is 1. The number of hydroxylamine groups is 1. The maximum absolute atomic E-state index is 11.8. The van der Waals surface area contributed by atoms with Crippen LogP contribution in [-0.4, -0.2) is 29.8 Å². The van der Waals surface area contributed by atoms with Gasteiger partial charge in [0.05, 0.1) is 12.3 Å². The van der Waals surface area contributed by atoms with E-state index in [1.54, 1.807) is 45.0 Å². The molecule has 0 bridgehead atoms. The van der Waals surface area contributed by atoms with Crippen LogP contribution < -0.4 is 9.80 Å². The molecule has 1 N–H and O–H groups in total. The summed E-state index contributed by atoms with van der Waals surface area (Å²) in [7, 11) is 0. The third-order valence-electron chi connectivity index (χ3n) is 3.05. The van der Waals surface area contributed by atoms with Crippen molar-refractivity contribution in [2.45, 2.75) is 51.9 Å². The molecule has 1 aromatic rings. The fourth-order valence-corrected chi connectivity index (χ4v) is 2.03. The molecule has 1 aliphatic rings. The van der Waals surface area contributed by atoms with E-state index in [0.717, 1.165) is 19.3 Å². The van der Waals surface area contributed by atoms with Gasteiger partial charge in [0.2, 0.25) is 0 Å². The van der Waals surface area contributed by atoms with Crippen molar-refractivity contribution < 1.29 is 24.2 Å². The standard InChI is InChI=1S/C16H23NO5/c1-16(2,3)22-15(18)17(19)12-7-9-13(10-8-12)21-14-6-4-5-11-20-14/h7-10,14,19H,4-6,11H2,1-3H3. The minimum atomic E-state index is -0.822. The van der Waals surface area contributed by atoms with Crippen LogP contribution in [0.5, 0.6) is 5.75 Å². The summed E-state index contributed by atoms with van der Waals surface area (Å²) in [4.78, 5) is 11.8. The summed E-state index contributed by atoms with van der Waals surface area (Å²) >= 11 is 0. The Morgan fingerprint density at radius 2 is 1.95 bits per heavy atom. The lowest BCUT2D eigenvalue weighted by molar-refractivity contribution is -0.105. The second-order valence-corrected chi connectivity index (χ2v) is 6.20. The molecule has 1 atom stereocenters. The molecule has 2 rings (SSSR count). The maximum atomic E-state index is 11.8. The largest absolute Gasteiger partial charge is 0.465 e. The van der Waals surface area contributed by atoms with Crippen molar-refractivity contribution in [2.24, 2.45) is 0 Å². The van der Waals surface area contributed by atoms with Crippen LogP contribution in [0.3, 0.4) is 0 Å². The number of nitrogens with zero attached hydrogens (tertiary/aromatic N) is 1. The quantitative estimate of drug-likeness (QED) is 0.680. The van der Waals surface area contributed by atoms with Crippen LogP contribution in [0, 0.1) is 0 Å². The van der Waals surface area contributed by atoms with E-state index in [-0.39, 0.29) is 6.29 Å². The minimum Gasteiger partial charge on any atom is -0.465 e. The van der Waals surface area contributed by atoms with Gasteiger partial charge in [-0.2, -0.15) is 5.06 Å². The fraction of sp³-hybridized carbons (Fsp3) is 0.562. The molecule has 1 saturated heterocycles. The summed E-state index contributed by atoms with van der Waals surface area (Å²) < 4.78 is 16.3. The first kappa shape index (κ1) is 16.6. The Hall–Kier alpha value is -1.79. The van der Waals surface area contributed by atoms with Crippen LogP contribution >= 0.6 is 0 Å². The van der Waals surface area contributed by atoms with Crippen molar-refractivity contribution in [1.29, 1.82) is 0 Å². The number of carbonyl (C=O) groups excluding carboxylic acids is 1. The summed E-state index contributed by atoms with van der Waals surface area (Å²) in [6.07, 6.45) is 1.97. The number of rotatable bonds is 3. The highest BCUT2D eigenvalue weighted by molar-refractivity contribution is 5.85. The molecular formula is C16H23NO5. The first-order valence-corrected chi connectivity index (χ1v) is 7.45. The van der Waals surface area contributed by atoms with Crippen LogP contribution in [0.15, 0.2) is 24.3 Å². The SMILES string of the molecule is CC(C)(C)OC(=O)N(O)c1ccc(OC2CCCCO2)cc1. The third-order valence-corrected chi connectivity index (χ3v) is 3.05. The lowest BCUT2D eigenvalue weighted by Gasteiger charge is -2.24. The van der Waals surface area contributed by atoms with E-state index >= 15 is 0 Å². The van der Waals surface area contributed by atoms with E-state index in [1.165, 1.54) is 0 Å². The Kier molecular flexibility index (Phi) is 5.26. The molecule has 6 nitrogen and oxygen atoms in total. The number of benzene rings is 1. The number of ether oxygens (including phenoxy) is 3. The van der Waals surface area contributed by atoms with Crippen molar-refractivity contribution in [3.8, 4) is 5.75 Å². The smallest absolute Gasteiger partial charge is 0.439 e. The second-order valence-electron chi connectivity index (χ2n) is 6.20. The van der Waals surface area contributed by atoms with Gasteiger partial charge in [0.15, 0.2) is 6.29 Å². The van der Waals surface area contributed by atoms with Gasteiger partial charge in [-0.05, 0) is 57.9 Å². The molecule has 1 amide bonds. The van der Waals surface area contributed by atoms with Gasteiger partial charge in [-0.25, -0.2) is 4.79 Å². The third kappa shape index (κ3) is 4.89. The number of anilines is 1. The molecule has 0 aromatic heterocycles. The topological polar surface area (TPSA) is 68.2 Å². The maximum Gasteiger partial charge on any atom is 0.439 e. The van der Waals surface area contributed by atoms with E-state index in [1.807, 2.05) is 0 Å². The molecule has 0 aliphatic carbocycles. The molecule has 0 spiro atoms. The average molecular weight is 309 g/mol. The summed E-state index contributed by atoms with van der Waals surface area (Å²) in [5.74, 6) is 0.633. The van der Waals surface area contributed by atoms with Gasteiger partial charge >= 0.3 is 6.09 Å². The van der Waals surface area contributed by atoms with Crippen LogP contribution in [0.1, 0.15) is 40.0 Å². The van der Waals surface area contributed by atoms with Gasteiger partial charge in [-0.15, -0.1) is 0 Å². The summed E-state index contributed by atoms with van der Waals surface area (Å²) in [5, 5.41) is 10.3. The lowest BCUT2D eigenvalue weighted by Crippen LogP contribution is -2.34. The molecule has 1 unspecified atom stereocenters. The lowest BCUT2D eigenvalue weighted by atomic mass is 10.2. The van der Waals surface area contributed by atoms with Gasteiger partial charge in [0.25, 0.3) is 0 Å². The Balaban J connectivity index is 1.94. The zero-order chi connectivity index (χ0) is 16.2. The second kappa shape index (κ2) is 6.98. The van der Waals surface area contributed by atoms with E-state index in [2.05, 4.69) is 0 Å². The van der Waals surface area contributed by atoms with Gasteiger partial charge in [0, 0.05) is 6.42 Å². The number of hydrogen-bond acceptors (Lipinski definition) is 5. The fourth-order valence-electron chi connectivity index (χ4n) is 2.03. The number of carbonyl (C=O) groups is 1. The van der Waals surface area contributed by atoms with Gasteiger partial charge < -0.3 is 14.2 Å². The monoisotopic (exact) mass is 309 g/mol.